The summed E-state index contributed by atoms with van der Waals surface area (Å²) < 4.78 is 13.8. The summed E-state index contributed by atoms with van der Waals surface area (Å²) >= 11 is 0. The van der Waals surface area contributed by atoms with E-state index in [1.165, 1.54) is 11.6 Å². The van der Waals surface area contributed by atoms with Crippen molar-refractivity contribution in [3.63, 3.8) is 0 Å². The molecule has 0 atom stereocenters. The summed E-state index contributed by atoms with van der Waals surface area (Å²) in [6, 6.07) is 13.2. The van der Waals surface area contributed by atoms with Crippen LogP contribution in [0.5, 0.6) is 0 Å². The summed E-state index contributed by atoms with van der Waals surface area (Å²) in [5.41, 5.74) is 9.50. The summed E-state index contributed by atoms with van der Waals surface area (Å²) in [4.78, 5) is 2.03. The molecule has 0 spiro atoms. The maximum Gasteiger partial charge on any atom is 0.128 e. The Morgan fingerprint density at radius 1 is 1.16 bits per heavy atom. The molecule has 0 saturated heterocycles. The molecule has 2 aromatic carbocycles. The summed E-state index contributed by atoms with van der Waals surface area (Å²) in [7, 11) is 1.96. The number of hydrogen-bond donors (Lipinski definition) is 1. The third kappa shape index (κ3) is 3.32. The van der Waals surface area contributed by atoms with Crippen LogP contribution in [0.1, 0.15) is 16.7 Å². The maximum absolute atomic E-state index is 13.8. The van der Waals surface area contributed by atoms with Crippen molar-refractivity contribution in [1.82, 2.24) is 0 Å². The molecule has 0 fully saturated rings. The van der Waals surface area contributed by atoms with Crippen LogP contribution >= 0.6 is 0 Å². The van der Waals surface area contributed by atoms with E-state index in [9.17, 15) is 4.39 Å². The number of anilines is 1. The maximum atomic E-state index is 13.8. The first kappa shape index (κ1) is 13.6. The Labute approximate surface area is 113 Å². The van der Waals surface area contributed by atoms with Crippen molar-refractivity contribution in [1.29, 1.82) is 0 Å². The molecule has 19 heavy (non-hydrogen) atoms. The highest BCUT2D eigenvalue weighted by molar-refractivity contribution is 5.48. The quantitative estimate of drug-likeness (QED) is 0.912. The van der Waals surface area contributed by atoms with Crippen LogP contribution in [0.3, 0.4) is 0 Å². The zero-order chi connectivity index (χ0) is 13.8. The van der Waals surface area contributed by atoms with Gasteiger partial charge in [-0.25, -0.2) is 4.39 Å². The van der Waals surface area contributed by atoms with E-state index >= 15 is 0 Å². The number of nitrogens with zero attached hydrogens (tertiary/aromatic N) is 1. The van der Waals surface area contributed by atoms with Gasteiger partial charge in [0.15, 0.2) is 0 Å². The van der Waals surface area contributed by atoms with Crippen molar-refractivity contribution in [3.8, 4) is 0 Å². The molecule has 0 bridgehead atoms. The normalized spacial score (nSPS) is 10.5. The van der Waals surface area contributed by atoms with Gasteiger partial charge in [-0.05, 0) is 42.3 Å². The second-order valence-electron chi connectivity index (χ2n) is 4.82. The third-order valence-corrected chi connectivity index (χ3v) is 3.20. The Bertz CT molecular complexity index is 566. The van der Waals surface area contributed by atoms with Gasteiger partial charge in [-0.15, -0.1) is 0 Å². The molecule has 0 saturated carbocycles. The molecule has 0 unspecified atom stereocenters. The fourth-order valence-corrected chi connectivity index (χ4v) is 2.09. The largest absolute Gasteiger partial charge is 0.370 e. The van der Waals surface area contributed by atoms with Crippen LogP contribution in [0.15, 0.2) is 42.5 Å². The molecule has 3 heteroatoms. The van der Waals surface area contributed by atoms with Crippen molar-refractivity contribution in [3.05, 3.63) is 65.0 Å². The Morgan fingerprint density at radius 2 is 1.95 bits per heavy atom. The fraction of sp³-hybridized carbons (Fsp3) is 0.250. The van der Waals surface area contributed by atoms with E-state index in [0.717, 1.165) is 11.3 Å². The van der Waals surface area contributed by atoms with Gasteiger partial charge in [0.2, 0.25) is 0 Å². The molecular formula is C16H19FN2. The Hall–Kier alpha value is -1.87. The lowest BCUT2D eigenvalue weighted by Gasteiger charge is -2.20. The first-order chi connectivity index (χ1) is 9.10. The fourth-order valence-electron chi connectivity index (χ4n) is 2.09. The summed E-state index contributed by atoms with van der Waals surface area (Å²) in [6.07, 6.45) is 0. The molecule has 0 aliphatic rings. The van der Waals surface area contributed by atoms with Crippen molar-refractivity contribution >= 4 is 5.69 Å². The van der Waals surface area contributed by atoms with Crippen LogP contribution in [-0.2, 0) is 13.1 Å². The van der Waals surface area contributed by atoms with Crippen molar-refractivity contribution in [2.75, 3.05) is 11.9 Å². The second-order valence-corrected chi connectivity index (χ2v) is 4.82. The standard InChI is InChI=1S/C16H19FN2/c1-12-4-3-5-15(8-12)19(2)11-14-9-13(10-18)6-7-16(14)17/h3-9H,10-11,18H2,1-2H3. The molecule has 0 heterocycles. The zero-order valence-corrected chi connectivity index (χ0v) is 11.4. The van der Waals surface area contributed by atoms with E-state index < -0.39 is 0 Å². The minimum atomic E-state index is -0.184. The molecule has 0 amide bonds. The predicted molar refractivity (Wildman–Crippen MR) is 77.6 cm³/mol. The van der Waals surface area contributed by atoms with E-state index in [1.54, 1.807) is 6.07 Å². The first-order valence-electron chi connectivity index (χ1n) is 6.35. The number of aryl methyl sites for hydroxylation is 1. The Kier molecular flexibility index (Phi) is 4.17. The minimum absolute atomic E-state index is 0.184. The lowest BCUT2D eigenvalue weighted by molar-refractivity contribution is 0.607. The molecule has 2 nitrogen and oxygen atoms in total. The molecular weight excluding hydrogens is 239 g/mol. The summed E-state index contributed by atoms with van der Waals surface area (Å²) in [6.45, 7) is 3.01. The van der Waals surface area contributed by atoms with Crippen molar-refractivity contribution < 1.29 is 4.39 Å². The van der Waals surface area contributed by atoms with E-state index in [4.69, 9.17) is 5.73 Å². The number of rotatable bonds is 4. The third-order valence-electron chi connectivity index (χ3n) is 3.20. The molecule has 2 rings (SSSR count). The number of halogens is 1. The molecule has 0 aromatic heterocycles. The topological polar surface area (TPSA) is 29.3 Å². The summed E-state index contributed by atoms with van der Waals surface area (Å²) in [5, 5.41) is 0. The second kappa shape index (κ2) is 5.85. The Balaban J connectivity index is 2.21. The van der Waals surface area contributed by atoms with E-state index in [2.05, 4.69) is 6.07 Å². The molecule has 0 aliphatic carbocycles. The van der Waals surface area contributed by atoms with Gasteiger partial charge in [0.1, 0.15) is 5.82 Å². The monoisotopic (exact) mass is 258 g/mol. The molecule has 100 valence electrons. The average Bonchev–Trinajstić information content (AvgIpc) is 2.41. The van der Waals surface area contributed by atoms with Crippen LogP contribution < -0.4 is 10.6 Å². The molecule has 2 aromatic rings. The Morgan fingerprint density at radius 3 is 2.63 bits per heavy atom. The van der Waals surface area contributed by atoms with Crippen LogP contribution in [0, 0.1) is 12.7 Å². The first-order valence-corrected chi connectivity index (χ1v) is 6.35. The molecule has 0 aliphatic heterocycles. The number of nitrogens with two attached hydrogens (primary N) is 1. The molecule has 2 N–H and O–H groups in total. The number of hydrogen-bond acceptors (Lipinski definition) is 2. The van der Waals surface area contributed by atoms with Crippen LogP contribution in [-0.4, -0.2) is 7.05 Å². The highest BCUT2D eigenvalue weighted by Crippen LogP contribution is 2.19. The summed E-state index contributed by atoms with van der Waals surface area (Å²) in [5.74, 6) is -0.184. The van der Waals surface area contributed by atoms with Gasteiger partial charge in [-0.1, -0.05) is 18.2 Å². The average molecular weight is 258 g/mol. The minimum Gasteiger partial charge on any atom is -0.370 e. The number of benzene rings is 2. The van der Waals surface area contributed by atoms with Gasteiger partial charge >= 0.3 is 0 Å². The van der Waals surface area contributed by atoms with Crippen LogP contribution in [0.4, 0.5) is 10.1 Å². The van der Waals surface area contributed by atoms with Gasteiger partial charge in [-0.3, -0.25) is 0 Å². The van der Waals surface area contributed by atoms with Crippen molar-refractivity contribution in [2.24, 2.45) is 5.73 Å². The van der Waals surface area contributed by atoms with Gasteiger partial charge in [-0.2, -0.15) is 0 Å². The van der Waals surface area contributed by atoms with Gasteiger partial charge in [0.05, 0.1) is 0 Å². The van der Waals surface area contributed by atoms with E-state index in [0.29, 0.717) is 18.7 Å². The van der Waals surface area contributed by atoms with Crippen LogP contribution in [0.25, 0.3) is 0 Å². The van der Waals surface area contributed by atoms with E-state index in [-0.39, 0.29) is 5.82 Å². The molecule has 0 radical (unpaired) electrons. The lowest BCUT2D eigenvalue weighted by atomic mass is 10.1. The SMILES string of the molecule is Cc1cccc(N(C)Cc2cc(CN)ccc2F)c1. The van der Waals surface area contributed by atoms with Gasteiger partial charge < -0.3 is 10.6 Å². The van der Waals surface area contributed by atoms with E-state index in [1.807, 2.05) is 43.1 Å². The lowest BCUT2D eigenvalue weighted by Crippen LogP contribution is -2.17. The highest BCUT2D eigenvalue weighted by atomic mass is 19.1. The highest BCUT2D eigenvalue weighted by Gasteiger charge is 2.07. The zero-order valence-electron chi connectivity index (χ0n) is 11.4. The van der Waals surface area contributed by atoms with Gasteiger partial charge in [0, 0.05) is 31.4 Å². The smallest absolute Gasteiger partial charge is 0.128 e. The van der Waals surface area contributed by atoms with Crippen LogP contribution in [0.2, 0.25) is 0 Å². The van der Waals surface area contributed by atoms with Gasteiger partial charge in [0.25, 0.3) is 0 Å². The van der Waals surface area contributed by atoms with Crippen molar-refractivity contribution in [2.45, 2.75) is 20.0 Å². The predicted octanol–water partition coefficient (Wildman–Crippen LogP) is 3.23.